The van der Waals surface area contributed by atoms with Crippen molar-refractivity contribution in [1.29, 1.82) is 0 Å². The summed E-state index contributed by atoms with van der Waals surface area (Å²) in [6.07, 6.45) is 0. The molecule has 0 aliphatic heterocycles. The van der Waals surface area contributed by atoms with E-state index in [-0.39, 0.29) is 29.7 Å². The highest BCUT2D eigenvalue weighted by Crippen LogP contribution is 2.64. The minimum Gasteiger partial charge on any atom is -0.454 e. The van der Waals surface area contributed by atoms with Crippen LogP contribution < -0.4 is 9.80 Å². The van der Waals surface area contributed by atoms with Gasteiger partial charge in [-0.1, -0.05) is 170 Å². The number of fused-ring (bicyclic) bond motifs is 13. The summed E-state index contributed by atoms with van der Waals surface area (Å²) in [7, 11) is 0. The number of hydrogen-bond donors (Lipinski definition) is 0. The highest BCUT2D eigenvalue weighted by Gasteiger charge is 2.52. The van der Waals surface area contributed by atoms with Crippen LogP contribution in [0.25, 0.3) is 55.3 Å². The SMILES string of the molecule is [2H]c1c([2H])c([2H])c(-c2cccc(N(c3ccc4c(c3)C3(c5ccccc5-c5ccc(N(c6ccccc6)c6ccccc6)cc53)c3ccccc3-4)c3cccc4c3oc3ccccc34)c2)c([2H])c1[2H]. The summed E-state index contributed by atoms with van der Waals surface area (Å²) >= 11 is 0. The van der Waals surface area contributed by atoms with Gasteiger partial charge in [-0.3, -0.25) is 0 Å². The Bertz CT molecular complexity index is 3810. The molecule has 0 radical (unpaired) electrons. The topological polar surface area (TPSA) is 19.6 Å². The third-order valence-electron chi connectivity index (χ3n) is 13.1. The van der Waals surface area contributed by atoms with E-state index in [2.05, 4.69) is 174 Å². The van der Waals surface area contributed by atoms with Gasteiger partial charge in [0.15, 0.2) is 5.58 Å². The van der Waals surface area contributed by atoms with Gasteiger partial charge in [-0.2, -0.15) is 0 Å². The van der Waals surface area contributed by atoms with Gasteiger partial charge in [-0.25, -0.2) is 0 Å². The van der Waals surface area contributed by atoms with E-state index in [9.17, 15) is 0 Å². The number of furan rings is 1. The van der Waals surface area contributed by atoms with E-state index in [0.717, 1.165) is 61.6 Å². The van der Waals surface area contributed by atoms with Crippen molar-refractivity contribution < 1.29 is 11.3 Å². The molecule has 0 fully saturated rings. The average Bonchev–Trinajstić information content (AvgIpc) is 4.03. The maximum atomic E-state index is 8.94. The molecule has 64 heavy (non-hydrogen) atoms. The first-order chi connectivity index (χ1) is 33.8. The Labute approximate surface area is 379 Å². The molecule has 0 N–H and O–H groups in total. The summed E-state index contributed by atoms with van der Waals surface area (Å²) in [5, 5.41) is 1.97. The maximum absolute atomic E-state index is 8.94. The summed E-state index contributed by atoms with van der Waals surface area (Å²) < 4.78 is 50.0. The second-order valence-corrected chi connectivity index (χ2v) is 16.4. The van der Waals surface area contributed by atoms with Crippen molar-refractivity contribution >= 4 is 56.1 Å². The standard InChI is InChI=1S/C61H40N2O/c1-4-18-41(19-5-1)42-20-16-25-45(38-42)63(58-32-17-29-53-52-28-12-15-33-59(52)64-60(53)58)47-35-37-51-49-27-11-14-31-55(49)61(57(51)40-47)54-30-13-10-26-48(54)50-36-34-46(39-56(50)61)62(43-21-6-2-7-22-43)44-23-8-3-9-24-44/h1-40H/i1D,4D,5D,18D,19D. The van der Waals surface area contributed by atoms with Gasteiger partial charge in [-0.05, 0) is 128 Å². The van der Waals surface area contributed by atoms with Crippen molar-refractivity contribution in [1.82, 2.24) is 0 Å². The Morgan fingerprint density at radius 3 is 1.55 bits per heavy atom. The fraction of sp³-hybridized carbons (Fsp3) is 0.0164. The molecule has 3 heteroatoms. The number of hydrogen-bond acceptors (Lipinski definition) is 3. The van der Waals surface area contributed by atoms with E-state index in [0.29, 0.717) is 11.1 Å². The van der Waals surface area contributed by atoms with Gasteiger partial charge in [0.05, 0.1) is 18.0 Å². The fourth-order valence-electron chi connectivity index (χ4n) is 10.5. The minimum atomic E-state index is -0.713. The van der Waals surface area contributed by atoms with Crippen molar-refractivity contribution in [2.75, 3.05) is 9.80 Å². The molecule has 1 spiro atoms. The monoisotopic (exact) mass is 821 g/mol. The van der Waals surface area contributed by atoms with Gasteiger partial charge >= 0.3 is 0 Å². The molecule has 0 saturated carbocycles. The molecule has 0 amide bonds. The predicted octanol–water partition coefficient (Wildman–Crippen LogP) is 16.5. The van der Waals surface area contributed by atoms with Crippen LogP contribution in [0.15, 0.2) is 247 Å². The molecule has 1 unspecified atom stereocenters. The molecule has 2 aliphatic carbocycles. The molecule has 11 aromatic rings. The summed E-state index contributed by atoms with van der Waals surface area (Å²) in [6, 6.07) is 72.5. The number of para-hydroxylation sites is 4. The summed E-state index contributed by atoms with van der Waals surface area (Å²) in [6.45, 7) is 0. The lowest BCUT2D eigenvalue weighted by Gasteiger charge is -2.33. The molecule has 0 bridgehead atoms. The van der Waals surface area contributed by atoms with Crippen molar-refractivity contribution in [2.24, 2.45) is 0 Å². The summed E-state index contributed by atoms with van der Waals surface area (Å²) in [5.41, 5.74) is 16.4. The van der Waals surface area contributed by atoms with E-state index < -0.39 is 11.5 Å². The van der Waals surface area contributed by atoms with Gasteiger partial charge < -0.3 is 14.2 Å². The third-order valence-corrected chi connectivity index (χ3v) is 13.1. The Hall–Kier alpha value is -8.40. The molecular formula is C61H40N2O. The van der Waals surface area contributed by atoms with E-state index in [1.165, 1.54) is 33.4 Å². The molecule has 1 heterocycles. The molecule has 300 valence electrons. The van der Waals surface area contributed by atoms with Gasteiger partial charge in [0, 0.05) is 39.2 Å². The van der Waals surface area contributed by atoms with Gasteiger partial charge in [-0.15, -0.1) is 0 Å². The maximum Gasteiger partial charge on any atom is 0.159 e. The van der Waals surface area contributed by atoms with Crippen LogP contribution >= 0.6 is 0 Å². The molecule has 3 nitrogen and oxygen atoms in total. The van der Waals surface area contributed by atoms with Crippen LogP contribution in [0.1, 0.15) is 29.1 Å². The molecule has 1 aromatic heterocycles. The van der Waals surface area contributed by atoms with Crippen LogP contribution in [0.4, 0.5) is 34.1 Å². The van der Waals surface area contributed by atoms with Crippen molar-refractivity contribution in [3.05, 3.63) is 265 Å². The van der Waals surface area contributed by atoms with E-state index in [4.69, 9.17) is 11.3 Å². The molecule has 10 aromatic carbocycles. The van der Waals surface area contributed by atoms with Crippen LogP contribution in [-0.4, -0.2) is 0 Å². The number of rotatable bonds is 7. The average molecular weight is 822 g/mol. The van der Waals surface area contributed by atoms with Gasteiger partial charge in [0.25, 0.3) is 0 Å². The van der Waals surface area contributed by atoms with Gasteiger partial charge in [0.2, 0.25) is 0 Å². The highest BCUT2D eigenvalue weighted by atomic mass is 16.3. The van der Waals surface area contributed by atoms with Crippen molar-refractivity contribution in [3.8, 4) is 33.4 Å². The highest BCUT2D eigenvalue weighted by molar-refractivity contribution is 6.10. The first kappa shape index (κ1) is 31.4. The minimum absolute atomic E-state index is 0.142. The first-order valence-electron chi connectivity index (χ1n) is 24.1. The first-order valence-corrected chi connectivity index (χ1v) is 21.6. The third kappa shape index (κ3) is 5.34. The van der Waals surface area contributed by atoms with E-state index in [1.54, 1.807) is 0 Å². The zero-order chi connectivity index (χ0) is 46.5. The molecule has 2 aliphatic rings. The largest absolute Gasteiger partial charge is 0.454 e. The van der Waals surface area contributed by atoms with Crippen LogP contribution in [0.3, 0.4) is 0 Å². The van der Waals surface area contributed by atoms with Crippen LogP contribution in [0, 0.1) is 0 Å². The quantitative estimate of drug-likeness (QED) is 0.160. The number of nitrogens with zero attached hydrogens (tertiary/aromatic N) is 2. The normalized spacial score (nSPS) is 15.4. The smallest absolute Gasteiger partial charge is 0.159 e. The molecular weight excluding hydrogens is 777 g/mol. The van der Waals surface area contributed by atoms with E-state index >= 15 is 0 Å². The molecule has 13 rings (SSSR count). The predicted molar refractivity (Wildman–Crippen MR) is 265 cm³/mol. The van der Waals surface area contributed by atoms with Crippen LogP contribution in [0.2, 0.25) is 0 Å². The zero-order valence-corrected chi connectivity index (χ0v) is 34.5. The number of anilines is 6. The Balaban J connectivity index is 1.08. The zero-order valence-electron chi connectivity index (χ0n) is 39.5. The summed E-state index contributed by atoms with van der Waals surface area (Å²) in [5.74, 6) is 0. The lowest BCUT2D eigenvalue weighted by Crippen LogP contribution is -2.26. The van der Waals surface area contributed by atoms with Crippen molar-refractivity contribution in [2.45, 2.75) is 5.41 Å². The van der Waals surface area contributed by atoms with Crippen molar-refractivity contribution in [3.63, 3.8) is 0 Å². The summed E-state index contributed by atoms with van der Waals surface area (Å²) in [4.78, 5) is 4.51. The lowest BCUT2D eigenvalue weighted by molar-refractivity contribution is 0.669. The number of benzene rings is 10. The molecule has 1 atom stereocenters. The lowest BCUT2D eigenvalue weighted by atomic mass is 9.70. The Morgan fingerprint density at radius 1 is 0.359 bits per heavy atom. The van der Waals surface area contributed by atoms with Crippen LogP contribution in [0.5, 0.6) is 0 Å². The van der Waals surface area contributed by atoms with E-state index in [1.807, 2.05) is 48.5 Å². The fourth-order valence-corrected chi connectivity index (χ4v) is 10.5. The second-order valence-electron chi connectivity index (χ2n) is 16.4. The second kappa shape index (κ2) is 14.3. The molecule has 0 saturated heterocycles. The Morgan fingerprint density at radius 2 is 0.875 bits per heavy atom. The van der Waals surface area contributed by atoms with Gasteiger partial charge in [0.1, 0.15) is 5.58 Å². The Kier molecular flexibility index (Phi) is 7.04. The van der Waals surface area contributed by atoms with Crippen LogP contribution in [-0.2, 0) is 5.41 Å².